The van der Waals surface area contributed by atoms with Crippen LogP contribution in [0.25, 0.3) is 0 Å². The van der Waals surface area contributed by atoms with Crippen LogP contribution in [0.4, 0.5) is 4.79 Å². The molecule has 1 unspecified atom stereocenters. The molecule has 6 nitrogen and oxygen atoms in total. The van der Waals surface area contributed by atoms with Crippen molar-refractivity contribution in [3.8, 4) is 11.5 Å². The summed E-state index contributed by atoms with van der Waals surface area (Å²) >= 11 is 0. The largest absolute Gasteiger partial charge is 0.493 e. The molecule has 2 aliphatic carbocycles. The highest BCUT2D eigenvalue weighted by atomic mass is 16.5. The first-order chi connectivity index (χ1) is 12.1. The number of benzene rings is 1. The summed E-state index contributed by atoms with van der Waals surface area (Å²) in [5.74, 6) is 1.84. The Morgan fingerprint density at radius 1 is 1.36 bits per heavy atom. The summed E-state index contributed by atoms with van der Waals surface area (Å²) in [6, 6.07) is 4.03. The van der Waals surface area contributed by atoms with Crippen LogP contribution in [0.2, 0.25) is 0 Å². The Morgan fingerprint density at radius 3 is 2.96 bits per heavy atom. The van der Waals surface area contributed by atoms with Gasteiger partial charge in [-0.1, -0.05) is 6.07 Å². The minimum atomic E-state index is -0.445. The van der Waals surface area contributed by atoms with E-state index < -0.39 is 6.10 Å². The number of methoxy groups -OCH3 is 2. The lowest BCUT2D eigenvalue weighted by Crippen LogP contribution is -2.66. The lowest BCUT2D eigenvalue weighted by atomic mass is 9.51. The first kappa shape index (κ1) is 15.0. The molecular weight excluding hydrogens is 322 g/mol. The first-order valence-electron chi connectivity index (χ1n) is 8.86. The molecule has 1 aromatic carbocycles. The smallest absolute Gasteiger partial charge is 0.409 e. The summed E-state index contributed by atoms with van der Waals surface area (Å²) in [5.41, 5.74) is 2.01. The summed E-state index contributed by atoms with van der Waals surface area (Å²) in [6.07, 6.45) is 2.09. The number of carbonyl (C=O) groups excluding carboxylic acids is 2. The number of likely N-dealkylation sites (tertiary alicyclic amines) is 1. The molecule has 2 aliphatic heterocycles. The number of ketones is 1. The number of piperidine rings is 1. The Morgan fingerprint density at radius 2 is 2.20 bits per heavy atom. The highest BCUT2D eigenvalue weighted by Gasteiger charge is 2.66. The van der Waals surface area contributed by atoms with E-state index in [1.54, 1.807) is 7.11 Å². The van der Waals surface area contributed by atoms with Crippen molar-refractivity contribution in [3.05, 3.63) is 23.3 Å². The summed E-state index contributed by atoms with van der Waals surface area (Å²) in [7, 11) is 3.06. The van der Waals surface area contributed by atoms with Crippen molar-refractivity contribution in [2.24, 2.45) is 5.92 Å². The van der Waals surface area contributed by atoms with E-state index in [0.717, 1.165) is 30.6 Å². The van der Waals surface area contributed by atoms with E-state index in [1.165, 1.54) is 12.7 Å². The summed E-state index contributed by atoms with van der Waals surface area (Å²) < 4.78 is 16.7. The second-order valence-corrected chi connectivity index (χ2v) is 7.47. The summed E-state index contributed by atoms with van der Waals surface area (Å²) in [4.78, 5) is 26.9. The second-order valence-electron chi connectivity index (χ2n) is 7.47. The fourth-order valence-electron chi connectivity index (χ4n) is 5.82. The average molecular weight is 343 g/mol. The van der Waals surface area contributed by atoms with Crippen molar-refractivity contribution in [2.75, 3.05) is 20.8 Å². The molecule has 1 saturated carbocycles. The van der Waals surface area contributed by atoms with Crippen molar-refractivity contribution in [1.29, 1.82) is 0 Å². The van der Waals surface area contributed by atoms with Crippen LogP contribution < -0.4 is 9.47 Å². The number of amides is 1. The third-order valence-electron chi connectivity index (χ3n) is 6.72. The third kappa shape index (κ3) is 1.65. The SMILES string of the molecule is COC(=O)N1CC[C@]23c4c5ccc(OC)c4O[C@H]2C(=O)CCC3[C@H]1C5. The van der Waals surface area contributed by atoms with E-state index in [-0.39, 0.29) is 29.3 Å². The molecular formula is C19H21NO5. The molecule has 2 fully saturated rings. The van der Waals surface area contributed by atoms with Gasteiger partial charge >= 0.3 is 6.09 Å². The van der Waals surface area contributed by atoms with E-state index in [0.29, 0.717) is 18.7 Å². The van der Waals surface area contributed by atoms with Crippen LogP contribution in [0.15, 0.2) is 12.1 Å². The van der Waals surface area contributed by atoms with Gasteiger partial charge in [0.25, 0.3) is 0 Å². The van der Waals surface area contributed by atoms with E-state index in [9.17, 15) is 9.59 Å². The van der Waals surface area contributed by atoms with Gasteiger partial charge in [0.15, 0.2) is 23.4 Å². The number of Topliss-reactive ketones (excluding diaryl/α,β-unsaturated/α-hetero) is 1. The van der Waals surface area contributed by atoms with E-state index in [4.69, 9.17) is 14.2 Å². The zero-order chi connectivity index (χ0) is 17.3. The molecule has 4 aliphatic rings. The lowest BCUT2D eigenvalue weighted by molar-refractivity contribution is -0.137. The maximum atomic E-state index is 12.7. The maximum Gasteiger partial charge on any atom is 0.409 e. The highest BCUT2D eigenvalue weighted by Crippen LogP contribution is 2.63. The Hall–Kier alpha value is -2.24. The normalized spacial score (nSPS) is 34.2. The number of hydrogen-bond acceptors (Lipinski definition) is 5. The van der Waals surface area contributed by atoms with Crippen LogP contribution in [0.5, 0.6) is 11.5 Å². The van der Waals surface area contributed by atoms with Gasteiger partial charge in [-0.15, -0.1) is 0 Å². The minimum absolute atomic E-state index is 0.0623. The van der Waals surface area contributed by atoms with E-state index in [1.807, 2.05) is 11.0 Å². The van der Waals surface area contributed by atoms with Gasteiger partial charge in [0.1, 0.15) is 0 Å². The topological polar surface area (TPSA) is 65.1 Å². The molecule has 2 heterocycles. The van der Waals surface area contributed by atoms with Crippen molar-refractivity contribution in [3.63, 3.8) is 0 Å². The number of rotatable bonds is 1. The molecule has 1 amide bonds. The Labute approximate surface area is 146 Å². The van der Waals surface area contributed by atoms with Crippen LogP contribution in [0.3, 0.4) is 0 Å². The quantitative estimate of drug-likeness (QED) is 0.781. The average Bonchev–Trinajstić information content (AvgIpc) is 2.97. The Kier molecular flexibility index (Phi) is 2.95. The number of nitrogens with zero attached hydrogens (tertiary/aromatic N) is 1. The monoisotopic (exact) mass is 343 g/mol. The fraction of sp³-hybridized carbons (Fsp3) is 0.579. The lowest BCUT2D eigenvalue weighted by Gasteiger charge is -2.57. The van der Waals surface area contributed by atoms with Gasteiger partial charge < -0.3 is 19.1 Å². The predicted molar refractivity (Wildman–Crippen MR) is 88.0 cm³/mol. The van der Waals surface area contributed by atoms with Crippen LogP contribution in [0.1, 0.15) is 30.4 Å². The molecule has 4 atom stereocenters. The standard InChI is InChI=1S/C19H21NO5/c1-23-14-6-3-10-9-12-11-4-5-13(21)17-19(11,15(10)16(14)25-17)7-8-20(12)18(22)24-2/h3,6,11-12,17H,4-5,7-9H2,1-2H3/t11?,12-,17+,19+/m1/s1. The molecule has 132 valence electrons. The number of hydrogen-bond donors (Lipinski definition) is 0. The molecule has 6 heteroatoms. The van der Waals surface area contributed by atoms with Gasteiger partial charge in [0.05, 0.1) is 19.6 Å². The second kappa shape index (κ2) is 4.90. The van der Waals surface area contributed by atoms with Gasteiger partial charge in [-0.2, -0.15) is 0 Å². The molecule has 0 radical (unpaired) electrons. The summed E-state index contributed by atoms with van der Waals surface area (Å²) in [5, 5.41) is 0. The molecule has 1 aromatic rings. The molecule has 1 saturated heterocycles. The zero-order valence-electron chi connectivity index (χ0n) is 14.4. The van der Waals surface area contributed by atoms with Gasteiger partial charge in [0.2, 0.25) is 0 Å². The van der Waals surface area contributed by atoms with Crippen molar-refractivity contribution in [1.82, 2.24) is 4.90 Å². The van der Waals surface area contributed by atoms with Crippen LogP contribution in [-0.2, 0) is 21.4 Å². The Balaban J connectivity index is 1.73. The molecule has 0 aromatic heterocycles. The molecule has 25 heavy (non-hydrogen) atoms. The number of carbonyl (C=O) groups is 2. The van der Waals surface area contributed by atoms with Gasteiger partial charge in [-0.05, 0) is 36.8 Å². The van der Waals surface area contributed by atoms with Crippen LogP contribution in [-0.4, -0.2) is 49.7 Å². The van der Waals surface area contributed by atoms with Gasteiger partial charge in [-0.3, -0.25) is 4.79 Å². The summed E-state index contributed by atoms with van der Waals surface area (Å²) in [6.45, 7) is 0.594. The molecule has 5 rings (SSSR count). The van der Waals surface area contributed by atoms with Gasteiger partial charge in [0, 0.05) is 24.6 Å². The molecule has 2 bridgehead atoms. The predicted octanol–water partition coefficient (Wildman–Crippen LogP) is 2.07. The van der Waals surface area contributed by atoms with Crippen molar-refractivity contribution >= 4 is 11.9 Å². The maximum absolute atomic E-state index is 12.7. The Bertz CT molecular complexity index is 790. The van der Waals surface area contributed by atoms with Crippen LogP contribution >= 0.6 is 0 Å². The van der Waals surface area contributed by atoms with Crippen molar-refractivity contribution in [2.45, 2.75) is 43.2 Å². The van der Waals surface area contributed by atoms with Gasteiger partial charge in [-0.25, -0.2) is 4.79 Å². The van der Waals surface area contributed by atoms with Crippen LogP contribution in [0, 0.1) is 5.92 Å². The molecule has 1 spiro atoms. The minimum Gasteiger partial charge on any atom is -0.493 e. The first-order valence-corrected chi connectivity index (χ1v) is 8.86. The highest BCUT2D eigenvalue weighted by molar-refractivity contribution is 5.89. The molecule has 0 N–H and O–H groups in total. The van der Waals surface area contributed by atoms with E-state index in [2.05, 4.69) is 6.07 Å². The zero-order valence-corrected chi connectivity index (χ0v) is 14.4. The third-order valence-corrected chi connectivity index (χ3v) is 6.72. The number of ether oxygens (including phenoxy) is 3. The van der Waals surface area contributed by atoms with Crippen molar-refractivity contribution < 1.29 is 23.8 Å². The van der Waals surface area contributed by atoms with E-state index >= 15 is 0 Å². The fourth-order valence-corrected chi connectivity index (χ4v) is 5.82.